The van der Waals surface area contributed by atoms with Gasteiger partial charge in [-0.3, -0.25) is 4.79 Å². The molecule has 7 fully saturated rings. The van der Waals surface area contributed by atoms with E-state index >= 15 is 0 Å². The second-order valence-electron chi connectivity index (χ2n) is 17.8. The number of aliphatic hydroxyl groups excluding tert-OH is 4. The Morgan fingerprint density at radius 3 is 2.41 bits per heavy atom. The van der Waals surface area contributed by atoms with E-state index < -0.39 is 53.6 Å². The van der Waals surface area contributed by atoms with Crippen LogP contribution >= 0.6 is 0 Å². The molecule has 10 nitrogen and oxygen atoms in total. The van der Waals surface area contributed by atoms with Crippen molar-refractivity contribution in [2.75, 3.05) is 6.61 Å². The third-order valence-electron chi connectivity index (χ3n) is 15.3. The monoisotopic (exact) mass is 646 g/mol. The van der Waals surface area contributed by atoms with Crippen molar-refractivity contribution >= 4 is 5.97 Å². The summed E-state index contributed by atoms with van der Waals surface area (Å²) in [4.78, 5) is 12.0. The first-order valence-corrected chi connectivity index (χ1v) is 17.7. The standard InChI is InChI=1S/C36H54O10/c1-18(37)44-31(4,5)27-20-8-9-22-32(6)14-15-35-17-34(35)13-12-24(43-28-26(40)25(39)19(38)16-42-28)30(2,3)21(34)10-11-23(35)33(32,7)29(41)36(22,45-20)46-27/h11,19-22,24-29,38-41H,8-10,12-17H2,1-7H3. The van der Waals surface area contributed by atoms with Gasteiger partial charge in [-0.05, 0) is 92.8 Å². The molecule has 10 heteroatoms. The fourth-order valence-electron chi connectivity index (χ4n) is 13.0. The van der Waals surface area contributed by atoms with Crippen molar-refractivity contribution in [3.63, 3.8) is 0 Å². The fraction of sp³-hybridized carbons (Fsp3) is 0.917. The van der Waals surface area contributed by atoms with Crippen LogP contribution in [0.4, 0.5) is 0 Å². The van der Waals surface area contributed by atoms with Crippen LogP contribution in [-0.2, 0) is 28.5 Å². The summed E-state index contributed by atoms with van der Waals surface area (Å²) in [6.45, 7) is 14.3. The van der Waals surface area contributed by atoms with E-state index in [0.29, 0.717) is 5.92 Å². The molecule has 3 saturated heterocycles. The summed E-state index contributed by atoms with van der Waals surface area (Å²) in [5.41, 5.74) is -0.352. The van der Waals surface area contributed by atoms with E-state index in [-0.39, 0.29) is 52.4 Å². The Morgan fingerprint density at radius 2 is 1.70 bits per heavy atom. The molecule has 5 aliphatic carbocycles. The van der Waals surface area contributed by atoms with Crippen LogP contribution in [0.1, 0.15) is 99.8 Å². The van der Waals surface area contributed by atoms with Gasteiger partial charge in [-0.15, -0.1) is 0 Å². The van der Waals surface area contributed by atoms with Gasteiger partial charge in [0.05, 0.1) is 18.8 Å². The lowest BCUT2D eigenvalue weighted by atomic mass is 9.45. The van der Waals surface area contributed by atoms with Gasteiger partial charge in [0, 0.05) is 18.3 Å². The van der Waals surface area contributed by atoms with Gasteiger partial charge in [0.15, 0.2) is 12.1 Å². The minimum absolute atomic E-state index is 0.00705. The Hall–Kier alpha value is -1.11. The lowest BCUT2D eigenvalue weighted by molar-refractivity contribution is -0.300. The number of aliphatic hydroxyl groups is 4. The molecule has 0 aromatic heterocycles. The molecular weight excluding hydrogens is 592 g/mol. The van der Waals surface area contributed by atoms with E-state index in [4.69, 9.17) is 23.7 Å². The molecule has 3 aliphatic heterocycles. The minimum Gasteiger partial charge on any atom is -0.457 e. The first kappa shape index (κ1) is 32.1. The SMILES string of the molecule is CC(=O)OC(C)(C)C1OC23OC1CCC2C1(C)CCC24CC25CCC(OC2OCC(O)C(O)C2O)C(C)(C)C5CC=C4C1(C)C3O. The van der Waals surface area contributed by atoms with E-state index in [2.05, 4.69) is 33.8 Å². The molecule has 0 amide bonds. The summed E-state index contributed by atoms with van der Waals surface area (Å²) in [6.07, 6.45) is 3.56. The zero-order valence-electron chi connectivity index (χ0n) is 28.5. The molecule has 46 heavy (non-hydrogen) atoms. The number of allylic oxidation sites excluding steroid dienone is 1. The summed E-state index contributed by atoms with van der Waals surface area (Å²) in [7, 11) is 0. The van der Waals surface area contributed by atoms with Gasteiger partial charge in [-0.2, -0.15) is 0 Å². The Morgan fingerprint density at radius 1 is 0.957 bits per heavy atom. The quantitative estimate of drug-likeness (QED) is 0.265. The summed E-state index contributed by atoms with van der Waals surface area (Å²) >= 11 is 0. The van der Waals surface area contributed by atoms with Gasteiger partial charge in [0.1, 0.15) is 36.1 Å². The van der Waals surface area contributed by atoms with Crippen molar-refractivity contribution in [3.8, 4) is 0 Å². The molecule has 3 heterocycles. The average molecular weight is 647 g/mol. The van der Waals surface area contributed by atoms with Crippen molar-refractivity contribution in [1.29, 1.82) is 0 Å². The zero-order valence-corrected chi connectivity index (χ0v) is 28.5. The molecule has 0 aromatic carbocycles. The van der Waals surface area contributed by atoms with Crippen LogP contribution in [0.5, 0.6) is 0 Å². The highest BCUT2D eigenvalue weighted by atomic mass is 16.8. The maximum absolute atomic E-state index is 12.6. The molecule has 4 N–H and O–H groups in total. The largest absolute Gasteiger partial charge is 0.457 e. The van der Waals surface area contributed by atoms with E-state index in [0.717, 1.165) is 51.4 Å². The first-order valence-electron chi connectivity index (χ1n) is 17.7. The van der Waals surface area contributed by atoms with E-state index in [1.54, 1.807) is 0 Å². The Kier molecular flexibility index (Phi) is 6.68. The van der Waals surface area contributed by atoms with Gasteiger partial charge in [-0.1, -0.05) is 39.3 Å². The van der Waals surface area contributed by atoms with Crippen molar-refractivity contribution in [2.24, 2.45) is 38.9 Å². The summed E-state index contributed by atoms with van der Waals surface area (Å²) in [6, 6.07) is 0. The van der Waals surface area contributed by atoms with Crippen molar-refractivity contribution < 1.29 is 48.9 Å². The van der Waals surface area contributed by atoms with E-state index in [1.807, 2.05) is 13.8 Å². The Balaban J connectivity index is 1.10. The second-order valence-corrected chi connectivity index (χ2v) is 17.8. The molecular formula is C36H54O10. The van der Waals surface area contributed by atoms with Crippen molar-refractivity contribution in [2.45, 2.75) is 160 Å². The highest BCUT2D eigenvalue weighted by Crippen LogP contribution is 2.89. The number of rotatable bonds is 4. The van der Waals surface area contributed by atoms with Crippen LogP contribution in [0.3, 0.4) is 0 Å². The van der Waals surface area contributed by atoms with Gasteiger partial charge in [0.25, 0.3) is 0 Å². The maximum atomic E-state index is 12.6. The summed E-state index contributed by atoms with van der Waals surface area (Å²) < 4.78 is 31.6. The van der Waals surface area contributed by atoms with Crippen molar-refractivity contribution in [1.82, 2.24) is 0 Å². The number of fused-ring (bicyclic) bond motifs is 4. The molecule has 0 aromatic rings. The predicted molar refractivity (Wildman–Crippen MR) is 164 cm³/mol. The number of hydrogen-bond donors (Lipinski definition) is 4. The highest BCUT2D eigenvalue weighted by molar-refractivity contribution is 5.66. The van der Waals surface area contributed by atoms with Crippen molar-refractivity contribution in [3.05, 3.63) is 11.6 Å². The first-order chi connectivity index (χ1) is 21.4. The van der Waals surface area contributed by atoms with Gasteiger partial charge < -0.3 is 44.1 Å². The number of hydrogen-bond acceptors (Lipinski definition) is 10. The molecule has 15 unspecified atom stereocenters. The second kappa shape index (κ2) is 9.56. The van der Waals surface area contributed by atoms with Gasteiger partial charge in [-0.25, -0.2) is 0 Å². The van der Waals surface area contributed by atoms with Crippen LogP contribution in [0.15, 0.2) is 11.6 Å². The third kappa shape index (κ3) is 3.64. The smallest absolute Gasteiger partial charge is 0.303 e. The number of esters is 1. The van der Waals surface area contributed by atoms with Crippen LogP contribution in [0, 0.1) is 38.9 Å². The lowest BCUT2D eigenvalue weighted by Gasteiger charge is -2.60. The molecule has 8 aliphatic rings. The molecule has 0 radical (unpaired) electrons. The molecule has 4 saturated carbocycles. The number of ether oxygens (including phenoxy) is 5. The third-order valence-corrected chi connectivity index (χ3v) is 15.3. The van der Waals surface area contributed by atoms with E-state index in [1.165, 1.54) is 12.5 Å². The minimum atomic E-state index is -1.30. The van der Waals surface area contributed by atoms with Crippen LogP contribution < -0.4 is 0 Å². The maximum Gasteiger partial charge on any atom is 0.303 e. The molecule has 15 atom stereocenters. The lowest BCUT2D eigenvalue weighted by Crippen LogP contribution is -2.58. The molecule has 3 spiro atoms. The van der Waals surface area contributed by atoms with E-state index in [9.17, 15) is 25.2 Å². The zero-order chi connectivity index (χ0) is 33.0. The number of carbonyl (C=O) groups is 1. The predicted octanol–water partition coefficient (Wildman–Crippen LogP) is 3.37. The fourth-order valence-corrected chi connectivity index (χ4v) is 13.0. The molecule has 2 bridgehead atoms. The van der Waals surface area contributed by atoms with Gasteiger partial charge in [0.2, 0.25) is 0 Å². The van der Waals surface area contributed by atoms with Gasteiger partial charge >= 0.3 is 5.97 Å². The Labute approximate surface area is 272 Å². The Bertz CT molecular complexity index is 1350. The topological polar surface area (TPSA) is 144 Å². The number of carbonyl (C=O) groups excluding carboxylic acids is 1. The van der Waals surface area contributed by atoms with Crippen LogP contribution in [0.2, 0.25) is 0 Å². The summed E-state index contributed by atoms with van der Waals surface area (Å²) in [5.74, 6) is -1.11. The normalized spacial score (nSPS) is 56.5. The average Bonchev–Trinajstić information content (AvgIpc) is 3.51. The summed E-state index contributed by atoms with van der Waals surface area (Å²) in [5, 5.41) is 43.5. The van der Waals surface area contributed by atoms with Crippen LogP contribution in [0.25, 0.3) is 0 Å². The molecule has 258 valence electrons. The molecule has 8 rings (SSSR count). The van der Waals surface area contributed by atoms with Crippen LogP contribution in [-0.4, -0.2) is 93.4 Å². The highest BCUT2D eigenvalue weighted by Gasteiger charge is 2.86.